The first kappa shape index (κ1) is 12.3. The lowest BCUT2D eigenvalue weighted by Crippen LogP contribution is -2.06. The zero-order valence-electron chi connectivity index (χ0n) is 9.77. The van der Waals surface area contributed by atoms with Crippen LogP contribution in [0.15, 0.2) is 10.6 Å². The van der Waals surface area contributed by atoms with E-state index in [1.807, 2.05) is 20.0 Å². The van der Waals surface area contributed by atoms with E-state index in [9.17, 15) is 0 Å². The molecule has 2 heterocycles. The predicted octanol–water partition coefficient (Wildman–Crippen LogP) is 3.31. The molecular formula is C10H13ClN4OS. The molecule has 2 atom stereocenters. The van der Waals surface area contributed by atoms with Gasteiger partial charge >= 0.3 is 6.01 Å². The topological polar surface area (TPSA) is 63.8 Å². The molecule has 0 saturated heterocycles. The number of hydrogen-bond donors (Lipinski definition) is 1. The van der Waals surface area contributed by atoms with E-state index in [2.05, 4.69) is 20.5 Å². The highest BCUT2D eigenvalue weighted by atomic mass is 35.5. The van der Waals surface area contributed by atoms with Gasteiger partial charge in [0.1, 0.15) is 10.4 Å². The Bertz CT molecular complexity index is 496. The summed E-state index contributed by atoms with van der Waals surface area (Å²) in [7, 11) is 0. The van der Waals surface area contributed by atoms with Crippen molar-refractivity contribution >= 4 is 29.0 Å². The van der Waals surface area contributed by atoms with Crippen LogP contribution in [0.2, 0.25) is 0 Å². The number of alkyl halides is 1. The molecule has 1 N–H and O–H groups in total. The Hall–Kier alpha value is -1.14. The lowest BCUT2D eigenvalue weighted by Gasteiger charge is -2.07. The van der Waals surface area contributed by atoms with E-state index < -0.39 is 0 Å². The van der Waals surface area contributed by atoms with Crippen LogP contribution in [0.4, 0.5) is 6.01 Å². The van der Waals surface area contributed by atoms with Crippen molar-refractivity contribution < 1.29 is 4.42 Å². The third-order valence-corrected chi connectivity index (χ3v) is 3.41. The quantitative estimate of drug-likeness (QED) is 0.865. The van der Waals surface area contributed by atoms with Crippen molar-refractivity contribution in [3.63, 3.8) is 0 Å². The van der Waals surface area contributed by atoms with Gasteiger partial charge in [0.15, 0.2) is 0 Å². The number of nitrogens with one attached hydrogen (secondary N) is 1. The van der Waals surface area contributed by atoms with Gasteiger partial charge < -0.3 is 9.73 Å². The average Bonchev–Trinajstić information content (AvgIpc) is 2.86. The highest BCUT2D eigenvalue weighted by Crippen LogP contribution is 2.24. The van der Waals surface area contributed by atoms with Crippen molar-refractivity contribution in [2.75, 3.05) is 5.32 Å². The summed E-state index contributed by atoms with van der Waals surface area (Å²) in [6.07, 6.45) is 1.85. The molecule has 0 amide bonds. The molecule has 0 saturated carbocycles. The molecule has 0 aliphatic carbocycles. The molecule has 2 aromatic heterocycles. The van der Waals surface area contributed by atoms with Crippen LogP contribution in [0.3, 0.4) is 0 Å². The monoisotopic (exact) mass is 272 g/mol. The molecule has 0 aliphatic rings. The van der Waals surface area contributed by atoms with E-state index in [1.165, 1.54) is 4.88 Å². The number of hydrogen-bond acceptors (Lipinski definition) is 6. The third-order valence-electron chi connectivity index (χ3n) is 2.13. The SMILES string of the molecule is Cc1cnc(C(C)Nc2nnc(C(C)Cl)o2)s1. The Morgan fingerprint density at radius 3 is 2.71 bits per heavy atom. The normalized spacial score (nSPS) is 14.6. The number of halogens is 1. The van der Waals surface area contributed by atoms with Crippen LogP contribution in [-0.4, -0.2) is 15.2 Å². The van der Waals surface area contributed by atoms with Crippen LogP contribution in [0.25, 0.3) is 0 Å². The van der Waals surface area contributed by atoms with Gasteiger partial charge in [-0.1, -0.05) is 5.10 Å². The van der Waals surface area contributed by atoms with Crippen LogP contribution in [-0.2, 0) is 0 Å². The third kappa shape index (κ3) is 2.95. The second-order valence-electron chi connectivity index (χ2n) is 3.74. The predicted molar refractivity (Wildman–Crippen MR) is 67.5 cm³/mol. The van der Waals surface area contributed by atoms with E-state index in [-0.39, 0.29) is 11.4 Å². The molecule has 5 nitrogen and oxygen atoms in total. The van der Waals surface area contributed by atoms with E-state index in [4.69, 9.17) is 16.0 Å². The number of rotatable bonds is 4. The fraction of sp³-hybridized carbons (Fsp3) is 0.500. The first-order chi connectivity index (χ1) is 8.06. The van der Waals surface area contributed by atoms with E-state index in [0.717, 1.165) is 5.01 Å². The van der Waals surface area contributed by atoms with Crippen molar-refractivity contribution in [2.45, 2.75) is 32.2 Å². The fourth-order valence-corrected chi connectivity index (χ4v) is 2.14. The number of aryl methyl sites for hydroxylation is 1. The van der Waals surface area contributed by atoms with Gasteiger partial charge in [0, 0.05) is 11.1 Å². The summed E-state index contributed by atoms with van der Waals surface area (Å²) in [5, 5.41) is 11.5. The van der Waals surface area contributed by atoms with Gasteiger partial charge in [0.05, 0.1) is 6.04 Å². The van der Waals surface area contributed by atoms with E-state index >= 15 is 0 Å². The molecule has 92 valence electrons. The number of aromatic nitrogens is 3. The maximum atomic E-state index is 5.84. The lowest BCUT2D eigenvalue weighted by molar-refractivity contribution is 0.501. The summed E-state index contributed by atoms with van der Waals surface area (Å²) in [6, 6.07) is 0.403. The van der Waals surface area contributed by atoms with Gasteiger partial charge in [-0.05, 0) is 20.8 Å². The summed E-state index contributed by atoms with van der Waals surface area (Å²) in [5.74, 6) is 0.414. The van der Waals surface area contributed by atoms with Gasteiger partial charge in [0.2, 0.25) is 5.89 Å². The number of thiazole rings is 1. The molecule has 2 aromatic rings. The molecule has 17 heavy (non-hydrogen) atoms. The van der Waals surface area contributed by atoms with Crippen LogP contribution in [0.5, 0.6) is 0 Å². The molecule has 7 heteroatoms. The van der Waals surface area contributed by atoms with Crippen molar-refractivity contribution in [3.8, 4) is 0 Å². The smallest absolute Gasteiger partial charge is 0.316 e. The van der Waals surface area contributed by atoms with Crippen LogP contribution >= 0.6 is 22.9 Å². The molecule has 0 aromatic carbocycles. The van der Waals surface area contributed by atoms with Gasteiger partial charge in [-0.3, -0.25) is 0 Å². The second-order valence-corrected chi connectivity index (χ2v) is 5.66. The maximum absolute atomic E-state index is 5.84. The van der Waals surface area contributed by atoms with Crippen LogP contribution in [0.1, 0.15) is 41.0 Å². The molecule has 0 fully saturated rings. The highest BCUT2D eigenvalue weighted by Gasteiger charge is 2.15. The standard InChI is InChI=1S/C10H13ClN4OS/c1-5-4-12-9(17-5)7(3)13-10-15-14-8(16-10)6(2)11/h4,6-7H,1-3H3,(H,13,15). The minimum atomic E-state index is -0.282. The lowest BCUT2D eigenvalue weighted by atomic mass is 10.4. The zero-order chi connectivity index (χ0) is 12.4. The van der Waals surface area contributed by atoms with Crippen LogP contribution < -0.4 is 5.32 Å². The van der Waals surface area contributed by atoms with Gasteiger partial charge in [-0.15, -0.1) is 28.0 Å². The van der Waals surface area contributed by atoms with E-state index in [1.54, 1.807) is 18.3 Å². The second kappa shape index (κ2) is 5.01. The number of nitrogens with zero attached hydrogens (tertiary/aromatic N) is 3. The zero-order valence-corrected chi connectivity index (χ0v) is 11.3. The summed E-state index contributed by atoms with van der Waals surface area (Å²) in [5.41, 5.74) is 0. The minimum absolute atomic E-state index is 0.0348. The average molecular weight is 273 g/mol. The van der Waals surface area contributed by atoms with Crippen LogP contribution in [0, 0.1) is 6.92 Å². The molecule has 0 radical (unpaired) electrons. The van der Waals surface area contributed by atoms with Gasteiger partial charge in [-0.2, -0.15) is 0 Å². The summed E-state index contributed by atoms with van der Waals surface area (Å²) < 4.78 is 5.36. The first-order valence-electron chi connectivity index (χ1n) is 5.22. The molecule has 2 unspecified atom stereocenters. The van der Waals surface area contributed by atoms with Crippen molar-refractivity contribution in [1.29, 1.82) is 0 Å². The first-order valence-corrected chi connectivity index (χ1v) is 6.48. The van der Waals surface area contributed by atoms with Crippen molar-refractivity contribution in [1.82, 2.24) is 15.2 Å². The Morgan fingerprint density at radius 1 is 1.41 bits per heavy atom. The summed E-state index contributed by atoms with van der Waals surface area (Å²) in [6.45, 7) is 5.80. The minimum Gasteiger partial charge on any atom is -0.406 e. The summed E-state index contributed by atoms with van der Waals surface area (Å²) in [4.78, 5) is 5.47. The highest BCUT2D eigenvalue weighted by molar-refractivity contribution is 7.11. The summed E-state index contributed by atoms with van der Waals surface area (Å²) >= 11 is 7.48. The molecule has 0 spiro atoms. The largest absolute Gasteiger partial charge is 0.406 e. The molecule has 0 aliphatic heterocycles. The Kier molecular flexibility index (Phi) is 3.63. The molecule has 0 bridgehead atoms. The van der Waals surface area contributed by atoms with Gasteiger partial charge in [-0.25, -0.2) is 4.98 Å². The fourth-order valence-electron chi connectivity index (χ4n) is 1.27. The molecular weight excluding hydrogens is 260 g/mol. The van der Waals surface area contributed by atoms with E-state index in [0.29, 0.717) is 11.9 Å². The molecule has 2 rings (SSSR count). The van der Waals surface area contributed by atoms with Crippen molar-refractivity contribution in [3.05, 3.63) is 22.0 Å². The Morgan fingerprint density at radius 2 is 2.18 bits per heavy atom. The number of anilines is 1. The Labute approximate surface area is 108 Å². The Balaban J connectivity index is 2.05. The van der Waals surface area contributed by atoms with Crippen molar-refractivity contribution in [2.24, 2.45) is 0 Å². The maximum Gasteiger partial charge on any atom is 0.316 e. The van der Waals surface area contributed by atoms with Gasteiger partial charge in [0.25, 0.3) is 0 Å².